The maximum absolute atomic E-state index is 13.0. The van der Waals surface area contributed by atoms with Crippen LogP contribution < -0.4 is 0 Å². The number of benzene rings is 2. The first-order valence-electron chi connectivity index (χ1n) is 8.81. The quantitative estimate of drug-likeness (QED) is 0.686. The molecule has 0 aromatic heterocycles. The lowest BCUT2D eigenvalue weighted by Crippen LogP contribution is -2.38. The smallest absolute Gasteiger partial charge is 0.318 e. The van der Waals surface area contributed by atoms with Crippen LogP contribution in [0.4, 0.5) is 4.79 Å². The third kappa shape index (κ3) is 3.74. The highest BCUT2D eigenvalue weighted by molar-refractivity contribution is 7.54. The molecule has 0 saturated carbocycles. The molecule has 2 aromatic carbocycles. The molecular weight excluding hydrogens is 379 g/mol. The van der Waals surface area contributed by atoms with Crippen molar-refractivity contribution < 1.29 is 23.2 Å². The molecule has 0 radical (unpaired) electrons. The van der Waals surface area contributed by atoms with Crippen LogP contribution in [-0.2, 0) is 18.4 Å². The SMILES string of the molecule is COP(=O)(CC(=O)N1C(=O)N(C)[C@@H](c2ccccc2)[C@@H]1c1ccccc1)OC. The molecule has 0 unspecified atom stereocenters. The fourth-order valence-electron chi connectivity index (χ4n) is 3.51. The van der Waals surface area contributed by atoms with Gasteiger partial charge in [-0.1, -0.05) is 60.7 Å². The molecule has 28 heavy (non-hydrogen) atoms. The summed E-state index contributed by atoms with van der Waals surface area (Å²) in [6.07, 6.45) is -0.510. The normalized spacial score (nSPS) is 19.9. The van der Waals surface area contributed by atoms with Crippen molar-refractivity contribution in [1.82, 2.24) is 9.80 Å². The summed E-state index contributed by atoms with van der Waals surface area (Å²) < 4.78 is 22.3. The number of hydrogen-bond acceptors (Lipinski definition) is 5. The molecule has 1 aliphatic rings. The van der Waals surface area contributed by atoms with Crippen LogP contribution >= 0.6 is 7.60 Å². The minimum absolute atomic E-state index is 0.371. The topological polar surface area (TPSA) is 76.2 Å². The van der Waals surface area contributed by atoms with Crippen molar-refractivity contribution >= 4 is 19.5 Å². The molecule has 1 aliphatic heterocycles. The Labute approximate surface area is 164 Å². The van der Waals surface area contributed by atoms with Crippen molar-refractivity contribution in [1.29, 1.82) is 0 Å². The fourth-order valence-corrected chi connectivity index (χ4v) is 4.40. The van der Waals surface area contributed by atoms with Gasteiger partial charge < -0.3 is 13.9 Å². The second-order valence-electron chi connectivity index (χ2n) is 6.50. The first-order chi connectivity index (χ1) is 13.4. The van der Waals surface area contributed by atoms with E-state index in [4.69, 9.17) is 9.05 Å². The van der Waals surface area contributed by atoms with Gasteiger partial charge in [-0.15, -0.1) is 0 Å². The lowest BCUT2D eigenvalue weighted by molar-refractivity contribution is -0.127. The maximum atomic E-state index is 13.0. The lowest BCUT2D eigenvalue weighted by Gasteiger charge is -2.27. The van der Waals surface area contributed by atoms with E-state index in [1.165, 1.54) is 19.1 Å². The van der Waals surface area contributed by atoms with E-state index in [0.29, 0.717) is 0 Å². The fraction of sp³-hybridized carbons (Fsp3) is 0.300. The molecule has 7 nitrogen and oxygen atoms in total. The van der Waals surface area contributed by atoms with E-state index in [9.17, 15) is 14.2 Å². The van der Waals surface area contributed by atoms with Crippen molar-refractivity contribution in [2.45, 2.75) is 12.1 Å². The number of likely N-dealkylation sites (N-methyl/N-ethyl adjacent to an activating group) is 1. The van der Waals surface area contributed by atoms with Crippen molar-refractivity contribution in [2.24, 2.45) is 0 Å². The van der Waals surface area contributed by atoms with Crippen molar-refractivity contribution in [3.63, 3.8) is 0 Å². The van der Waals surface area contributed by atoms with E-state index >= 15 is 0 Å². The highest BCUT2D eigenvalue weighted by Gasteiger charge is 2.49. The Balaban J connectivity index is 2.06. The number of urea groups is 1. The van der Waals surface area contributed by atoms with Crippen LogP contribution in [0.15, 0.2) is 60.7 Å². The summed E-state index contributed by atoms with van der Waals surface area (Å²) in [7, 11) is 0.493. The van der Waals surface area contributed by atoms with E-state index in [1.807, 2.05) is 60.7 Å². The Morgan fingerprint density at radius 1 is 0.929 bits per heavy atom. The van der Waals surface area contributed by atoms with Gasteiger partial charge in [-0.2, -0.15) is 0 Å². The Kier molecular flexibility index (Phi) is 5.98. The predicted octanol–water partition coefficient (Wildman–Crippen LogP) is 3.85. The van der Waals surface area contributed by atoms with Gasteiger partial charge in [0.15, 0.2) is 0 Å². The van der Waals surface area contributed by atoms with Crippen molar-refractivity contribution in [3.8, 4) is 0 Å². The van der Waals surface area contributed by atoms with Gasteiger partial charge in [-0.05, 0) is 11.1 Å². The number of rotatable bonds is 6. The molecule has 3 rings (SSSR count). The number of carbonyl (C=O) groups excluding carboxylic acids is 2. The first-order valence-corrected chi connectivity index (χ1v) is 10.5. The molecule has 148 valence electrons. The van der Waals surface area contributed by atoms with Crippen LogP contribution in [0.5, 0.6) is 0 Å². The predicted molar refractivity (Wildman–Crippen MR) is 105 cm³/mol. The molecule has 2 atom stereocenters. The van der Waals surface area contributed by atoms with Gasteiger partial charge in [0.2, 0.25) is 5.91 Å². The first kappa shape index (κ1) is 20.3. The summed E-state index contributed by atoms with van der Waals surface area (Å²) in [6, 6.07) is 17.5. The molecular formula is C20H23N2O5P. The zero-order valence-corrected chi connectivity index (χ0v) is 16.9. The van der Waals surface area contributed by atoms with Gasteiger partial charge in [0.25, 0.3) is 0 Å². The average Bonchev–Trinajstić information content (AvgIpc) is 3.00. The van der Waals surface area contributed by atoms with E-state index in [0.717, 1.165) is 16.0 Å². The summed E-state index contributed by atoms with van der Waals surface area (Å²) in [5, 5.41) is 0. The summed E-state index contributed by atoms with van der Waals surface area (Å²) in [6.45, 7) is 0. The summed E-state index contributed by atoms with van der Waals surface area (Å²) in [5.41, 5.74) is 1.72. The van der Waals surface area contributed by atoms with E-state index < -0.39 is 31.7 Å². The molecule has 1 heterocycles. The summed E-state index contributed by atoms with van der Waals surface area (Å²) in [5.74, 6) is -0.601. The van der Waals surface area contributed by atoms with Gasteiger partial charge in [-0.3, -0.25) is 14.3 Å². The van der Waals surface area contributed by atoms with Crippen LogP contribution in [0.3, 0.4) is 0 Å². The van der Waals surface area contributed by atoms with Crippen LogP contribution in [-0.4, -0.2) is 49.2 Å². The Bertz CT molecular complexity index is 882. The van der Waals surface area contributed by atoms with Gasteiger partial charge in [0.05, 0.1) is 12.1 Å². The third-order valence-electron chi connectivity index (χ3n) is 4.94. The molecule has 8 heteroatoms. The number of nitrogens with zero attached hydrogens (tertiary/aromatic N) is 2. The standard InChI is InChI=1S/C20H23N2O5P/c1-21-18(15-10-6-4-7-11-15)19(16-12-8-5-9-13-16)22(20(21)24)17(23)14-28(25,26-2)27-3/h4-13,18-19H,14H2,1-3H3/t18-,19-/m0/s1. The molecule has 0 spiro atoms. The molecule has 0 N–H and O–H groups in total. The van der Waals surface area contributed by atoms with Gasteiger partial charge in [0, 0.05) is 21.3 Å². The zero-order chi connectivity index (χ0) is 20.3. The van der Waals surface area contributed by atoms with Crippen LogP contribution in [0.1, 0.15) is 23.2 Å². The molecule has 0 aliphatic carbocycles. The summed E-state index contributed by atoms with van der Waals surface area (Å²) >= 11 is 0. The zero-order valence-electron chi connectivity index (χ0n) is 16.0. The summed E-state index contributed by atoms with van der Waals surface area (Å²) in [4.78, 5) is 28.8. The second-order valence-corrected chi connectivity index (χ2v) is 8.77. The maximum Gasteiger partial charge on any atom is 0.339 e. The van der Waals surface area contributed by atoms with Crippen LogP contribution in [0, 0.1) is 0 Å². The minimum Gasteiger partial charge on any atom is -0.318 e. The third-order valence-corrected chi connectivity index (χ3v) is 6.71. The van der Waals surface area contributed by atoms with Crippen LogP contribution in [0.2, 0.25) is 0 Å². The van der Waals surface area contributed by atoms with Crippen molar-refractivity contribution in [3.05, 3.63) is 71.8 Å². The Morgan fingerprint density at radius 3 is 1.86 bits per heavy atom. The Morgan fingerprint density at radius 2 is 1.39 bits per heavy atom. The number of carbonyl (C=O) groups is 2. The van der Waals surface area contributed by atoms with E-state index in [-0.39, 0.29) is 6.04 Å². The Hall–Kier alpha value is -2.47. The lowest BCUT2D eigenvalue weighted by atomic mass is 9.93. The number of amides is 3. The molecule has 1 fully saturated rings. The van der Waals surface area contributed by atoms with E-state index in [2.05, 4.69) is 0 Å². The number of imide groups is 1. The van der Waals surface area contributed by atoms with Gasteiger partial charge >= 0.3 is 13.6 Å². The monoisotopic (exact) mass is 402 g/mol. The molecule has 2 aromatic rings. The second kappa shape index (κ2) is 8.27. The largest absolute Gasteiger partial charge is 0.339 e. The van der Waals surface area contributed by atoms with Crippen molar-refractivity contribution in [2.75, 3.05) is 27.4 Å². The van der Waals surface area contributed by atoms with E-state index in [1.54, 1.807) is 7.05 Å². The molecule has 3 amide bonds. The highest BCUT2D eigenvalue weighted by atomic mass is 31.2. The minimum atomic E-state index is -3.61. The molecule has 1 saturated heterocycles. The van der Waals surface area contributed by atoms with Crippen LogP contribution in [0.25, 0.3) is 0 Å². The average molecular weight is 402 g/mol. The van der Waals surface area contributed by atoms with Gasteiger partial charge in [-0.25, -0.2) is 4.79 Å². The highest BCUT2D eigenvalue weighted by Crippen LogP contribution is 2.49. The van der Waals surface area contributed by atoms with Gasteiger partial charge in [0.1, 0.15) is 6.16 Å². The number of hydrogen-bond donors (Lipinski definition) is 0. The molecule has 0 bridgehead atoms.